The lowest BCUT2D eigenvalue weighted by atomic mass is 9.97. The number of anilines is 1. The molecule has 1 amide bonds. The van der Waals surface area contributed by atoms with Gasteiger partial charge in [-0.3, -0.25) is 4.79 Å². The van der Waals surface area contributed by atoms with Gasteiger partial charge in [0.15, 0.2) is 5.13 Å². The number of hydrogen-bond acceptors (Lipinski definition) is 5. The summed E-state index contributed by atoms with van der Waals surface area (Å²) >= 11 is 1.58. The third-order valence-electron chi connectivity index (χ3n) is 5.32. The summed E-state index contributed by atoms with van der Waals surface area (Å²) in [4.78, 5) is 18.1. The molecule has 1 aliphatic rings. The van der Waals surface area contributed by atoms with E-state index in [2.05, 4.69) is 27.8 Å². The van der Waals surface area contributed by atoms with Crippen LogP contribution in [-0.4, -0.2) is 24.0 Å². The van der Waals surface area contributed by atoms with Gasteiger partial charge in [-0.25, -0.2) is 4.98 Å². The van der Waals surface area contributed by atoms with Crippen LogP contribution < -0.4 is 10.6 Å². The zero-order valence-electron chi connectivity index (χ0n) is 15.4. The summed E-state index contributed by atoms with van der Waals surface area (Å²) in [7, 11) is 0. The molecule has 5 rings (SSSR count). The van der Waals surface area contributed by atoms with Crippen molar-refractivity contribution in [2.75, 3.05) is 18.4 Å². The van der Waals surface area contributed by atoms with Gasteiger partial charge >= 0.3 is 0 Å². The maximum atomic E-state index is 12.5. The van der Waals surface area contributed by atoms with E-state index in [4.69, 9.17) is 4.42 Å². The second-order valence-electron chi connectivity index (χ2n) is 7.23. The number of carbonyl (C=O) groups is 1. The molecule has 3 heterocycles. The zero-order chi connectivity index (χ0) is 18.9. The van der Waals surface area contributed by atoms with Gasteiger partial charge in [-0.05, 0) is 54.8 Å². The van der Waals surface area contributed by atoms with Gasteiger partial charge in [0.1, 0.15) is 11.3 Å². The number of benzene rings is 2. The molecule has 0 spiro atoms. The van der Waals surface area contributed by atoms with E-state index in [1.54, 1.807) is 11.3 Å². The van der Waals surface area contributed by atoms with E-state index in [1.165, 1.54) is 10.3 Å². The first-order chi connectivity index (χ1) is 13.8. The van der Waals surface area contributed by atoms with E-state index < -0.39 is 0 Å². The second-order valence-corrected chi connectivity index (χ2v) is 8.29. The summed E-state index contributed by atoms with van der Waals surface area (Å²) in [6, 6.07) is 14.2. The first-order valence-corrected chi connectivity index (χ1v) is 10.4. The summed E-state index contributed by atoms with van der Waals surface area (Å²) in [6.45, 7) is 2.09. The van der Waals surface area contributed by atoms with Crippen LogP contribution in [0, 0.1) is 0 Å². The van der Waals surface area contributed by atoms with Crippen molar-refractivity contribution in [2.45, 2.75) is 25.2 Å². The van der Waals surface area contributed by atoms with E-state index in [0.29, 0.717) is 16.8 Å². The van der Waals surface area contributed by atoms with Crippen LogP contribution in [0.25, 0.3) is 21.7 Å². The molecule has 1 fully saturated rings. The number of nitrogens with one attached hydrogen (secondary N) is 2. The fourth-order valence-corrected chi connectivity index (χ4v) is 4.89. The fourth-order valence-electron chi connectivity index (χ4n) is 3.89. The number of nitrogens with zero attached hydrogens (tertiary/aromatic N) is 1. The number of furan rings is 1. The molecule has 0 atom stereocenters. The first-order valence-electron chi connectivity index (χ1n) is 9.63. The van der Waals surface area contributed by atoms with Gasteiger partial charge in [-0.15, -0.1) is 11.3 Å². The van der Waals surface area contributed by atoms with E-state index in [1.807, 2.05) is 36.5 Å². The molecule has 2 N–H and O–H groups in total. The van der Waals surface area contributed by atoms with Crippen LogP contribution in [0.3, 0.4) is 0 Å². The lowest BCUT2D eigenvalue weighted by Gasteiger charge is -2.20. The number of piperidine rings is 1. The van der Waals surface area contributed by atoms with Gasteiger partial charge in [0, 0.05) is 16.5 Å². The summed E-state index contributed by atoms with van der Waals surface area (Å²) in [5.74, 6) is 1.11. The van der Waals surface area contributed by atoms with Crippen molar-refractivity contribution >= 4 is 44.1 Å². The predicted octanol–water partition coefficient (Wildman–Crippen LogP) is 4.69. The van der Waals surface area contributed by atoms with Crippen molar-refractivity contribution in [3.8, 4) is 0 Å². The Morgan fingerprint density at radius 3 is 2.93 bits per heavy atom. The molecule has 1 aliphatic heterocycles. The van der Waals surface area contributed by atoms with Crippen LogP contribution in [0.4, 0.5) is 5.13 Å². The number of amides is 1. The highest BCUT2D eigenvalue weighted by molar-refractivity contribution is 7.15. The van der Waals surface area contributed by atoms with E-state index in [-0.39, 0.29) is 12.3 Å². The van der Waals surface area contributed by atoms with E-state index in [9.17, 15) is 4.79 Å². The molecular formula is C22H21N3O2S. The molecule has 2 aromatic heterocycles. The van der Waals surface area contributed by atoms with Crippen molar-refractivity contribution in [2.24, 2.45) is 0 Å². The molecule has 0 bridgehead atoms. The number of fused-ring (bicyclic) bond motifs is 3. The normalized spacial score (nSPS) is 15.3. The average molecular weight is 391 g/mol. The zero-order valence-corrected chi connectivity index (χ0v) is 16.2. The summed E-state index contributed by atoms with van der Waals surface area (Å²) in [6.07, 6.45) is 4.36. The molecule has 5 nitrogen and oxygen atoms in total. The first kappa shape index (κ1) is 17.4. The Kier molecular flexibility index (Phi) is 4.58. The molecule has 0 unspecified atom stereocenters. The van der Waals surface area contributed by atoms with E-state index in [0.717, 1.165) is 42.3 Å². The molecule has 0 radical (unpaired) electrons. The smallest absolute Gasteiger partial charge is 0.233 e. The number of hydrogen-bond donors (Lipinski definition) is 2. The Morgan fingerprint density at radius 2 is 2.04 bits per heavy atom. The van der Waals surface area contributed by atoms with Gasteiger partial charge in [-0.1, -0.05) is 30.3 Å². The van der Waals surface area contributed by atoms with Gasteiger partial charge in [-0.2, -0.15) is 0 Å². The lowest BCUT2D eigenvalue weighted by molar-refractivity contribution is -0.115. The van der Waals surface area contributed by atoms with Crippen molar-refractivity contribution in [3.63, 3.8) is 0 Å². The summed E-state index contributed by atoms with van der Waals surface area (Å²) < 4.78 is 5.90. The molecule has 4 aromatic rings. The highest BCUT2D eigenvalue weighted by Crippen LogP contribution is 2.32. The molecule has 28 heavy (non-hydrogen) atoms. The maximum absolute atomic E-state index is 12.5. The SMILES string of the molecule is O=C(Cc1cc2c(ccc3ccccc32)o1)Nc1ncc(C2CCNCC2)s1. The Balaban J connectivity index is 1.30. The molecular weight excluding hydrogens is 370 g/mol. The van der Waals surface area contributed by atoms with Crippen LogP contribution in [0.2, 0.25) is 0 Å². The van der Waals surface area contributed by atoms with E-state index >= 15 is 0 Å². The second kappa shape index (κ2) is 7.37. The van der Waals surface area contributed by atoms with Crippen molar-refractivity contribution in [3.05, 3.63) is 59.3 Å². The molecule has 0 saturated carbocycles. The highest BCUT2D eigenvalue weighted by atomic mass is 32.1. The minimum absolute atomic E-state index is 0.102. The molecule has 142 valence electrons. The van der Waals surface area contributed by atoms with Crippen LogP contribution in [0.1, 0.15) is 29.4 Å². The van der Waals surface area contributed by atoms with Crippen LogP contribution >= 0.6 is 11.3 Å². The van der Waals surface area contributed by atoms with Crippen LogP contribution in [-0.2, 0) is 11.2 Å². The topological polar surface area (TPSA) is 67.2 Å². The third kappa shape index (κ3) is 3.41. The molecule has 6 heteroatoms. The molecule has 2 aromatic carbocycles. The largest absolute Gasteiger partial charge is 0.461 e. The number of aromatic nitrogens is 1. The Hall–Kier alpha value is -2.70. The monoisotopic (exact) mass is 391 g/mol. The summed E-state index contributed by atoms with van der Waals surface area (Å²) in [5.41, 5.74) is 0.809. The lowest BCUT2D eigenvalue weighted by Crippen LogP contribution is -2.26. The van der Waals surface area contributed by atoms with Crippen molar-refractivity contribution in [1.29, 1.82) is 0 Å². The van der Waals surface area contributed by atoms with Crippen LogP contribution in [0.15, 0.2) is 53.1 Å². The highest BCUT2D eigenvalue weighted by Gasteiger charge is 2.19. The van der Waals surface area contributed by atoms with Crippen LogP contribution in [0.5, 0.6) is 0 Å². The van der Waals surface area contributed by atoms with Crippen molar-refractivity contribution < 1.29 is 9.21 Å². The number of rotatable bonds is 4. The number of carbonyl (C=O) groups excluding carboxylic acids is 1. The fraction of sp³-hybridized carbons (Fsp3) is 0.273. The third-order valence-corrected chi connectivity index (χ3v) is 6.40. The standard InChI is InChI=1S/C22H21N3O2S/c26-21(25-22-24-13-20(28-22)15-7-9-23-10-8-15)12-16-11-18-17-4-2-1-3-14(17)5-6-19(18)27-16/h1-6,11,13,15,23H,7-10,12H2,(H,24,25,26). The molecule has 1 saturated heterocycles. The van der Waals surface area contributed by atoms with Gasteiger partial charge < -0.3 is 15.1 Å². The van der Waals surface area contributed by atoms with Gasteiger partial charge in [0.05, 0.1) is 6.42 Å². The maximum Gasteiger partial charge on any atom is 0.233 e. The molecule has 0 aliphatic carbocycles. The Bertz CT molecular complexity index is 1140. The Labute approximate surface area is 166 Å². The Morgan fingerprint density at radius 1 is 1.18 bits per heavy atom. The van der Waals surface area contributed by atoms with Crippen molar-refractivity contribution in [1.82, 2.24) is 10.3 Å². The average Bonchev–Trinajstić information content (AvgIpc) is 3.35. The van der Waals surface area contributed by atoms with Gasteiger partial charge in [0.2, 0.25) is 5.91 Å². The minimum Gasteiger partial charge on any atom is -0.461 e. The quantitative estimate of drug-likeness (QED) is 0.530. The minimum atomic E-state index is -0.102. The predicted molar refractivity (Wildman–Crippen MR) is 113 cm³/mol. The summed E-state index contributed by atoms with van der Waals surface area (Å²) in [5, 5.41) is 10.3. The number of thiazole rings is 1. The van der Waals surface area contributed by atoms with Gasteiger partial charge in [0.25, 0.3) is 0 Å².